The standard InChI is InChI=1S/C15H19N3O2S2/c1-10-5-2-3-6-11(10)16-13(19)9-22-15-18-17-14(20-15)12-7-4-8-21-12/h4,7-8,10-11H,2-3,5-6,9H2,1H3,(H,16,19)/t10-,11+/m1/s1. The molecule has 0 bridgehead atoms. The number of aromatic nitrogens is 2. The molecule has 0 saturated heterocycles. The van der Waals surface area contributed by atoms with Crippen LogP contribution in [0, 0.1) is 5.92 Å². The molecule has 0 radical (unpaired) electrons. The highest BCUT2D eigenvalue weighted by Gasteiger charge is 2.23. The first-order valence-electron chi connectivity index (χ1n) is 7.52. The van der Waals surface area contributed by atoms with Gasteiger partial charge in [0.2, 0.25) is 5.91 Å². The molecule has 5 nitrogen and oxygen atoms in total. The summed E-state index contributed by atoms with van der Waals surface area (Å²) in [5.41, 5.74) is 0. The first kappa shape index (κ1) is 15.6. The van der Waals surface area contributed by atoms with E-state index in [0.717, 1.165) is 11.3 Å². The molecule has 22 heavy (non-hydrogen) atoms. The molecule has 0 spiro atoms. The summed E-state index contributed by atoms with van der Waals surface area (Å²) < 4.78 is 5.56. The number of nitrogens with one attached hydrogen (secondary N) is 1. The quantitative estimate of drug-likeness (QED) is 0.845. The van der Waals surface area contributed by atoms with Crippen LogP contribution in [0.1, 0.15) is 32.6 Å². The minimum atomic E-state index is 0.0413. The molecule has 118 valence electrons. The molecule has 1 aliphatic carbocycles. The van der Waals surface area contributed by atoms with E-state index in [-0.39, 0.29) is 5.91 Å². The first-order valence-corrected chi connectivity index (χ1v) is 9.38. The highest BCUT2D eigenvalue weighted by Crippen LogP contribution is 2.27. The Kier molecular flexibility index (Phi) is 5.15. The lowest BCUT2D eigenvalue weighted by molar-refractivity contribution is -0.119. The molecule has 1 aliphatic rings. The van der Waals surface area contributed by atoms with E-state index in [0.29, 0.717) is 28.8 Å². The van der Waals surface area contributed by atoms with Crippen LogP contribution in [0.4, 0.5) is 0 Å². The molecule has 1 amide bonds. The maximum Gasteiger partial charge on any atom is 0.277 e. The van der Waals surface area contributed by atoms with Gasteiger partial charge in [-0.15, -0.1) is 21.5 Å². The zero-order valence-corrected chi connectivity index (χ0v) is 14.1. The minimum Gasteiger partial charge on any atom is -0.410 e. The second kappa shape index (κ2) is 7.28. The molecular formula is C15H19N3O2S2. The van der Waals surface area contributed by atoms with Gasteiger partial charge >= 0.3 is 0 Å². The molecule has 2 aromatic heterocycles. The monoisotopic (exact) mass is 337 g/mol. The van der Waals surface area contributed by atoms with E-state index in [2.05, 4.69) is 22.4 Å². The van der Waals surface area contributed by atoms with Crippen LogP contribution in [0.3, 0.4) is 0 Å². The lowest BCUT2D eigenvalue weighted by Crippen LogP contribution is -2.41. The van der Waals surface area contributed by atoms with Crippen LogP contribution in [0.25, 0.3) is 10.8 Å². The zero-order valence-electron chi connectivity index (χ0n) is 12.4. The SMILES string of the molecule is C[C@@H]1CCCC[C@@H]1NC(=O)CSc1nnc(-c2cccs2)o1. The van der Waals surface area contributed by atoms with E-state index < -0.39 is 0 Å². The van der Waals surface area contributed by atoms with E-state index in [4.69, 9.17) is 4.42 Å². The zero-order chi connectivity index (χ0) is 15.4. The summed E-state index contributed by atoms with van der Waals surface area (Å²) in [6.45, 7) is 2.21. The molecule has 1 N–H and O–H groups in total. The van der Waals surface area contributed by atoms with Gasteiger partial charge in [0.05, 0.1) is 10.6 Å². The number of thioether (sulfide) groups is 1. The number of rotatable bonds is 5. The molecule has 1 saturated carbocycles. The number of amides is 1. The van der Waals surface area contributed by atoms with Crippen LogP contribution < -0.4 is 5.32 Å². The van der Waals surface area contributed by atoms with Gasteiger partial charge in [-0.1, -0.05) is 37.6 Å². The van der Waals surface area contributed by atoms with Crippen LogP contribution in [0.2, 0.25) is 0 Å². The number of nitrogens with zero attached hydrogens (tertiary/aromatic N) is 2. The average molecular weight is 337 g/mol. The summed E-state index contributed by atoms with van der Waals surface area (Å²) in [7, 11) is 0. The van der Waals surface area contributed by atoms with E-state index in [9.17, 15) is 4.79 Å². The minimum absolute atomic E-state index is 0.0413. The third-order valence-electron chi connectivity index (χ3n) is 3.92. The fourth-order valence-corrected chi connectivity index (χ4v) is 3.89. The normalized spacial score (nSPS) is 21.7. The molecule has 7 heteroatoms. The van der Waals surface area contributed by atoms with Crippen LogP contribution in [0.15, 0.2) is 27.2 Å². The third-order valence-corrected chi connectivity index (χ3v) is 5.60. The van der Waals surface area contributed by atoms with Crippen molar-refractivity contribution in [1.29, 1.82) is 0 Å². The van der Waals surface area contributed by atoms with Gasteiger partial charge in [0.1, 0.15) is 0 Å². The Morgan fingerprint density at radius 3 is 3.09 bits per heavy atom. The summed E-state index contributed by atoms with van der Waals surface area (Å²) in [4.78, 5) is 13.0. The maximum atomic E-state index is 12.0. The Morgan fingerprint density at radius 2 is 2.32 bits per heavy atom. The van der Waals surface area contributed by atoms with Crippen molar-refractivity contribution in [3.63, 3.8) is 0 Å². The number of thiophene rings is 1. The van der Waals surface area contributed by atoms with Crippen molar-refractivity contribution in [3.05, 3.63) is 17.5 Å². The highest BCUT2D eigenvalue weighted by atomic mass is 32.2. The second-order valence-corrected chi connectivity index (χ2v) is 7.45. The van der Waals surface area contributed by atoms with E-state index in [1.54, 1.807) is 11.3 Å². The summed E-state index contributed by atoms with van der Waals surface area (Å²) in [5, 5.41) is 13.5. The van der Waals surface area contributed by atoms with Crippen LogP contribution >= 0.6 is 23.1 Å². The number of carbonyl (C=O) groups excluding carboxylic acids is 1. The van der Waals surface area contributed by atoms with Gasteiger partial charge in [0.25, 0.3) is 11.1 Å². The Bertz CT molecular complexity index is 612. The van der Waals surface area contributed by atoms with Gasteiger partial charge < -0.3 is 9.73 Å². The van der Waals surface area contributed by atoms with E-state index >= 15 is 0 Å². The Hall–Kier alpha value is -1.34. The Labute approximate surface area is 137 Å². The topological polar surface area (TPSA) is 68.0 Å². The smallest absolute Gasteiger partial charge is 0.277 e. The van der Waals surface area contributed by atoms with Crippen molar-refractivity contribution in [1.82, 2.24) is 15.5 Å². The molecule has 3 rings (SSSR count). The molecule has 2 heterocycles. The molecule has 0 unspecified atom stereocenters. The number of hydrogen-bond donors (Lipinski definition) is 1. The van der Waals surface area contributed by atoms with Crippen molar-refractivity contribution in [2.75, 3.05) is 5.75 Å². The van der Waals surface area contributed by atoms with Gasteiger partial charge in [0, 0.05) is 6.04 Å². The van der Waals surface area contributed by atoms with E-state index in [1.165, 1.54) is 31.0 Å². The van der Waals surface area contributed by atoms with E-state index in [1.807, 2.05) is 17.5 Å². The predicted molar refractivity (Wildman–Crippen MR) is 87.9 cm³/mol. The number of hydrogen-bond acceptors (Lipinski definition) is 6. The van der Waals surface area contributed by atoms with Gasteiger partial charge in [-0.3, -0.25) is 4.79 Å². The maximum absolute atomic E-state index is 12.0. The average Bonchev–Trinajstić information content (AvgIpc) is 3.18. The Morgan fingerprint density at radius 1 is 1.45 bits per heavy atom. The molecule has 1 fully saturated rings. The van der Waals surface area contributed by atoms with Crippen molar-refractivity contribution < 1.29 is 9.21 Å². The fraction of sp³-hybridized carbons (Fsp3) is 0.533. The Balaban J connectivity index is 1.49. The van der Waals surface area contributed by atoms with Crippen molar-refractivity contribution in [3.8, 4) is 10.8 Å². The molecule has 2 atom stereocenters. The van der Waals surface area contributed by atoms with Gasteiger partial charge in [0.15, 0.2) is 0 Å². The first-order chi connectivity index (χ1) is 10.7. The third kappa shape index (κ3) is 3.89. The van der Waals surface area contributed by atoms with Crippen molar-refractivity contribution in [2.45, 2.75) is 43.9 Å². The van der Waals surface area contributed by atoms with Gasteiger partial charge in [-0.25, -0.2) is 0 Å². The van der Waals surface area contributed by atoms with Gasteiger partial charge in [-0.2, -0.15) is 0 Å². The van der Waals surface area contributed by atoms with Crippen LogP contribution in [-0.2, 0) is 4.79 Å². The molecule has 2 aromatic rings. The second-order valence-electron chi connectivity index (χ2n) is 5.57. The molecular weight excluding hydrogens is 318 g/mol. The fourth-order valence-electron chi connectivity index (χ4n) is 2.67. The van der Waals surface area contributed by atoms with Crippen LogP contribution in [-0.4, -0.2) is 27.9 Å². The summed E-state index contributed by atoms with van der Waals surface area (Å²) >= 11 is 2.84. The lowest BCUT2D eigenvalue weighted by atomic mass is 9.86. The summed E-state index contributed by atoms with van der Waals surface area (Å²) in [6, 6.07) is 4.19. The summed E-state index contributed by atoms with van der Waals surface area (Å²) in [5.74, 6) is 1.44. The lowest BCUT2D eigenvalue weighted by Gasteiger charge is -2.29. The summed E-state index contributed by atoms with van der Waals surface area (Å²) in [6.07, 6.45) is 4.76. The van der Waals surface area contributed by atoms with Crippen LogP contribution in [0.5, 0.6) is 0 Å². The number of carbonyl (C=O) groups is 1. The van der Waals surface area contributed by atoms with Crippen molar-refractivity contribution >= 4 is 29.0 Å². The molecule has 0 aliphatic heterocycles. The molecule has 0 aromatic carbocycles. The van der Waals surface area contributed by atoms with Crippen molar-refractivity contribution in [2.24, 2.45) is 5.92 Å². The van der Waals surface area contributed by atoms with Gasteiger partial charge in [-0.05, 0) is 30.2 Å². The predicted octanol–water partition coefficient (Wildman–Crippen LogP) is 3.59. The largest absolute Gasteiger partial charge is 0.410 e. The highest BCUT2D eigenvalue weighted by molar-refractivity contribution is 7.99.